The van der Waals surface area contributed by atoms with Gasteiger partial charge in [-0.15, -0.1) is 0 Å². The number of nitrogens with one attached hydrogen (secondary N) is 2. The Balaban J connectivity index is 0.00000361. The van der Waals surface area contributed by atoms with Crippen LogP contribution in [0.1, 0.15) is 102 Å². The second kappa shape index (κ2) is 17.3. The summed E-state index contributed by atoms with van der Waals surface area (Å²) >= 11 is 0. The predicted molar refractivity (Wildman–Crippen MR) is 188 cm³/mol. The number of nitrogens with two attached hydrogens (primary N) is 3. The molecule has 2 unspecified atom stereocenters. The molecule has 1 heterocycles. The number of hydrazine groups is 1. The average Bonchev–Trinajstić information content (AvgIpc) is 3.29. The summed E-state index contributed by atoms with van der Waals surface area (Å²) < 4.78 is 5.52. The highest BCUT2D eigenvalue weighted by molar-refractivity contribution is 6.51. The molecule has 3 rings (SSSR count). The lowest BCUT2D eigenvalue weighted by atomic mass is 9.75. The van der Waals surface area contributed by atoms with Gasteiger partial charge in [0, 0.05) is 30.7 Å². The summed E-state index contributed by atoms with van der Waals surface area (Å²) in [6.07, 6.45) is 9.95. The summed E-state index contributed by atoms with van der Waals surface area (Å²) in [6, 6.07) is 7.20. The molecule has 254 valence electrons. The molecular weight excluding hydrogens is 580 g/mol. The average molecular weight is 637 g/mol. The van der Waals surface area contributed by atoms with Crippen molar-refractivity contribution in [3.8, 4) is 0 Å². The van der Waals surface area contributed by atoms with Gasteiger partial charge in [-0.3, -0.25) is 36.7 Å². The van der Waals surface area contributed by atoms with Crippen molar-refractivity contribution in [1.29, 1.82) is 5.41 Å². The van der Waals surface area contributed by atoms with E-state index in [1.54, 1.807) is 25.5 Å². The Morgan fingerprint density at radius 3 is 2.33 bits per heavy atom. The van der Waals surface area contributed by atoms with E-state index in [4.69, 9.17) is 20.9 Å². The fourth-order valence-corrected chi connectivity index (χ4v) is 6.14. The Morgan fingerprint density at radius 2 is 1.83 bits per heavy atom. The maximum Gasteiger partial charge on any atom is 0.275 e. The number of amidine groups is 1. The molecule has 11 heteroatoms. The third-order valence-corrected chi connectivity index (χ3v) is 8.82. The number of ether oxygens (including phenoxy) is 1. The summed E-state index contributed by atoms with van der Waals surface area (Å²) in [4.78, 5) is 38.9. The van der Waals surface area contributed by atoms with Gasteiger partial charge >= 0.3 is 0 Å². The lowest BCUT2D eigenvalue weighted by molar-refractivity contribution is -0.133. The van der Waals surface area contributed by atoms with Gasteiger partial charge in [-0.05, 0) is 86.5 Å². The molecule has 1 spiro atoms. The van der Waals surface area contributed by atoms with E-state index in [1.165, 1.54) is 6.20 Å². The van der Waals surface area contributed by atoms with Crippen molar-refractivity contribution in [2.24, 2.45) is 44.7 Å². The van der Waals surface area contributed by atoms with Crippen molar-refractivity contribution in [3.05, 3.63) is 59.8 Å². The van der Waals surface area contributed by atoms with Gasteiger partial charge in [0.25, 0.3) is 11.8 Å². The van der Waals surface area contributed by atoms with E-state index in [0.29, 0.717) is 28.7 Å². The Hall–Kier alpha value is -3.67. The fourth-order valence-electron chi connectivity index (χ4n) is 6.14. The van der Waals surface area contributed by atoms with Gasteiger partial charge in [-0.2, -0.15) is 0 Å². The Labute approximate surface area is 275 Å². The summed E-state index contributed by atoms with van der Waals surface area (Å²) in [5.74, 6) is 8.64. The minimum atomic E-state index is -0.671. The second-order valence-corrected chi connectivity index (χ2v) is 13.7. The van der Waals surface area contributed by atoms with Crippen molar-refractivity contribution in [2.45, 2.75) is 97.9 Å². The normalized spacial score (nSPS) is 21.6. The van der Waals surface area contributed by atoms with Crippen LogP contribution in [0.5, 0.6) is 0 Å². The van der Waals surface area contributed by atoms with Crippen LogP contribution in [-0.4, -0.2) is 59.9 Å². The van der Waals surface area contributed by atoms with Crippen molar-refractivity contribution < 1.29 is 14.3 Å². The molecule has 0 bridgehead atoms. The molecule has 1 aliphatic heterocycles. The zero-order chi connectivity index (χ0) is 34.7. The largest absolute Gasteiger partial charge is 0.386 e. The van der Waals surface area contributed by atoms with Crippen LogP contribution in [0.4, 0.5) is 0 Å². The lowest BCUT2D eigenvalue weighted by Crippen LogP contribution is -2.51. The van der Waals surface area contributed by atoms with E-state index >= 15 is 0 Å². The molecule has 2 amide bonds. The summed E-state index contributed by atoms with van der Waals surface area (Å²) in [6.45, 7) is 16.8. The van der Waals surface area contributed by atoms with Gasteiger partial charge in [0.05, 0.1) is 18.7 Å². The van der Waals surface area contributed by atoms with Crippen LogP contribution in [0.2, 0.25) is 0 Å². The highest BCUT2D eigenvalue weighted by Gasteiger charge is 2.52. The first kappa shape index (κ1) is 38.5. The maximum absolute atomic E-state index is 14.7. The van der Waals surface area contributed by atoms with Gasteiger partial charge in [0.2, 0.25) is 0 Å². The van der Waals surface area contributed by atoms with Crippen LogP contribution in [0.25, 0.3) is 0 Å². The third kappa shape index (κ3) is 10.2. The molecule has 8 N–H and O–H groups in total. The number of aliphatic imine (C=N–C) groups is 2. The molecule has 0 radical (unpaired) electrons. The zero-order valence-corrected chi connectivity index (χ0v) is 28.8. The Morgan fingerprint density at radius 1 is 1.22 bits per heavy atom. The topological polar surface area (TPSA) is 185 Å². The highest BCUT2D eigenvalue weighted by Crippen LogP contribution is 2.48. The van der Waals surface area contributed by atoms with Crippen molar-refractivity contribution in [3.63, 3.8) is 0 Å². The first-order chi connectivity index (χ1) is 21.7. The minimum Gasteiger partial charge on any atom is -0.386 e. The number of hydrogen-bond acceptors (Lipinski definition) is 8. The zero-order valence-electron chi connectivity index (χ0n) is 28.8. The molecular formula is C35H56N8O3. The van der Waals surface area contributed by atoms with E-state index in [-0.39, 0.29) is 41.8 Å². The molecule has 0 aromatic heterocycles. The Bertz CT molecular complexity index is 1290. The predicted octanol–water partition coefficient (Wildman–Crippen LogP) is 5.04. The molecule has 11 nitrogen and oxygen atoms in total. The van der Waals surface area contributed by atoms with Crippen LogP contribution >= 0.6 is 0 Å². The van der Waals surface area contributed by atoms with Crippen molar-refractivity contribution >= 4 is 29.6 Å². The Kier molecular flexibility index (Phi) is 14.5. The number of carbonyl (C=O) groups is 2. The molecule has 2 aliphatic rings. The quantitative estimate of drug-likeness (QED) is 0.0874. The molecule has 1 fully saturated rings. The number of nitrogens with zero attached hydrogens (tertiary/aromatic N) is 3. The van der Waals surface area contributed by atoms with Crippen molar-refractivity contribution in [1.82, 2.24) is 10.2 Å². The summed E-state index contributed by atoms with van der Waals surface area (Å²) in [5, 5.41) is 10.1. The number of benzene rings is 1. The number of methoxy groups -OCH3 is 1. The molecule has 46 heavy (non-hydrogen) atoms. The van der Waals surface area contributed by atoms with Crippen LogP contribution in [0.15, 0.2) is 58.7 Å². The third-order valence-electron chi connectivity index (χ3n) is 8.82. The molecule has 1 aromatic carbocycles. The smallest absolute Gasteiger partial charge is 0.275 e. The standard InChI is InChI=1S/C35H52N6O3.H4N2/c1-9-38-21-28(20-24(4)44-8)31-33(43)41(35(40-31)18-14-25(15-19-35)23(2)3)29(16-17-34(5,6)7)26-10-12-27(13-11-26)32(42)39-22-30(36)37;1-2/h9-13,20-21,23-25,29H,1,14-19,22H2,2-8H3,(H3,36,37)(H,39,42);1-2H2/b28-20+,38-21?;. The van der Waals surface area contributed by atoms with E-state index < -0.39 is 5.66 Å². The van der Waals surface area contributed by atoms with E-state index in [0.717, 1.165) is 44.1 Å². The number of amides is 2. The fraction of sp³-hybridized carbons (Fsp3) is 0.571. The monoisotopic (exact) mass is 636 g/mol. The lowest BCUT2D eigenvalue weighted by Gasteiger charge is -2.46. The van der Waals surface area contributed by atoms with Gasteiger partial charge in [0.15, 0.2) is 0 Å². The van der Waals surface area contributed by atoms with Gasteiger partial charge in [-0.25, -0.2) is 0 Å². The second-order valence-electron chi connectivity index (χ2n) is 13.7. The molecule has 1 saturated carbocycles. The highest BCUT2D eigenvalue weighted by atomic mass is 16.5. The van der Waals surface area contributed by atoms with Gasteiger partial charge in [-0.1, -0.05) is 53.3 Å². The van der Waals surface area contributed by atoms with E-state index in [2.05, 4.69) is 63.2 Å². The number of carbonyl (C=O) groups excluding carboxylic acids is 2. The molecule has 1 aliphatic carbocycles. The van der Waals surface area contributed by atoms with E-state index in [1.807, 2.05) is 30.0 Å². The minimum absolute atomic E-state index is 0.0101. The number of rotatable bonds is 13. The van der Waals surface area contributed by atoms with Crippen LogP contribution in [0.3, 0.4) is 0 Å². The molecule has 1 aromatic rings. The molecule has 0 saturated heterocycles. The first-order valence-electron chi connectivity index (χ1n) is 16.1. The van der Waals surface area contributed by atoms with Crippen molar-refractivity contribution in [2.75, 3.05) is 13.7 Å². The summed E-state index contributed by atoms with van der Waals surface area (Å²) in [5.41, 5.74) is 7.27. The number of hydrogen-bond donors (Lipinski definition) is 5. The van der Waals surface area contributed by atoms with Gasteiger partial charge in [0.1, 0.15) is 17.2 Å². The maximum atomic E-state index is 14.7. The van der Waals surface area contributed by atoms with Gasteiger partial charge < -0.3 is 20.7 Å². The van der Waals surface area contributed by atoms with Crippen LogP contribution in [-0.2, 0) is 9.53 Å². The van der Waals surface area contributed by atoms with E-state index in [9.17, 15) is 9.59 Å². The van der Waals surface area contributed by atoms with Crippen LogP contribution < -0.4 is 22.7 Å². The first-order valence-corrected chi connectivity index (χ1v) is 16.1. The SMILES string of the molecule is C=CN=C/C(=C\C(C)OC)C1=NC2(CCC(C(C)C)CC2)N(C(CCC(C)(C)C)c2ccc(C(=O)NCC(=N)N)cc2)C1=O.NN. The van der Waals surface area contributed by atoms with Crippen LogP contribution in [0, 0.1) is 22.7 Å². The molecule has 2 atom stereocenters. The summed E-state index contributed by atoms with van der Waals surface area (Å²) in [7, 11) is 1.63.